The average Bonchev–Trinajstić information content (AvgIpc) is 3.05. The van der Waals surface area contributed by atoms with Gasteiger partial charge in [-0.15, -0.1) is 0 Å². The molecule has 0 aliphatic carbocycles. The van der Waals surface area contributed by atoms with Crippen molar-refractivity contribution >= 4 is 36.0 Å². The molecule has 1 heterocycles. The summed E-state index contributed by atoms with van der Waals surface area (Å²) in [5.41, 5.74) is 2.23. The molecule has 1 aliphatic heterocycles. The molecule has 0 aromatic heterocycles. The van der Waals surface area contributed by atoms with Crippen molar-refractivity contribution in [2.45, 2.75) is 51.0 Å². The first kappa shape index (κ1) is 22.8. The SMILES string of the molecule is C[C@@H](C(=O)N1C(=O)OC[C@@H]1Cc1ccccc1)[C@H](C[Si](C)(C)C)c1cccc(Br)c1. The van der Waals surface area contributed by atoms with E-state index in [1.54, 1.807) is 0 Å². The van der Waals surface area contributed by atoms with Gasteiger partial charge in [0, 0.05) is 18.5 Å². The van der Waals surface area contributed by atoms with Gasteiger partial charge in [0.15, 0.2) is 0 Å². The van der Waals surface area contributed by atoms with E-state index in [0.29, 0.717) is 6.42 Å². The van der Waals surface area contributed by atoms with Gasteiger partial charge in [-0.3, -0.25) is 4.79 Å². The Morgan fingerprint density at radius 3 is 2.50 bits per heavy atom. The van der Waals surface area contributed by atoms with E-state index in [1.165, 1.54) is 4.90 Å². The van der Waals surface area contributed by atoms with Crippen molar-refractivity contribution < 1.29 is 14.3 Å². The predicted octanol–water partition coefficient (Wildman–Crippen LogP) is 6.10. The fourth-order valence-electron chi connectivity index (χ4n) is 4.14. The van der Waals surface area contributed by atoms with Crippen molar-refractivity contribution in [1.29, 1.82) is 0 Å². The zero-order valence-electron chi connectivity index (χ0n) is 18.1. The van der Waals surface area contributed by atoms with Crippen LogP contribution >= 0.6 is 15.9 Å². The topological polar surface area (TPSA) is 46.6 Å². The molecular formula is C24H30BrNO3Si. The Balaban J connectivity index is 1.86. The number of hydrogen-bond donors (Lipinski definition) is 0. The van der Waals surface area contributed by atoms with Crippen LogP contribution < -0.4 is 0 Å². The summed E-state index contributed by atoms with van der Waals surface area (Å²) >= 11 is 3.56. The fourth-order valence-corrected chi connectivity index (χ4v) is 6.46. The smallest absolute Gasteiger partial charge is 0.416 e. The minimum atomic E-state index is -1.47. The van der Waals surface area contributed by atoms with Crippen LogP contribution in [0.25, 0.3) is 0 Å². The number of benzene rings is 2. The summed E-state index contributed by atoms with van der Waals surface area (Å²) in [5, 5.41) is 0. The van der Waals surface area contributed by atoms with Gasteiger partial charge in [0.1, 0.15) is 6.61 Å². The Morgan fingerprint density at radius 1 is 1.17 bits per heavy atom. The van der Waals surface area contributed by atoms with Crippen LogP contribution in [0.2, 0.25) is 25.7 Å². The molecule has 0 radical (unpaired) electrons. The molecule has 1 fully saturated rings. The monoisotopic (exact) mass is 487 g/mol. The number of carbonyl (C=O) groups excluding carboxylic acids is 2. The van der Waals surface area contributed by atoms with Gasteiger partial charge in [0.25, 0.3) is 0 Å². The van der Waals surface area contributed by atoms with Crippen LogP contribution in [0.5, 0.6) is 0 Å². The van der Waals surface area contributed by atoms with Gasteiger partial charge in [0.2, 0.25) is 5.91 Å². The third kappa shape index (κ3) is 5.61. The molecule has 160 valence electrons. The standard InChI is InChI=1S/C24H30BrNO3Si/c1-17(22(16-30(2,3)4)19-11-8-12-20(25)14-19)23(27)26-21(15-29-24(26)28)13-18-9-6-5-7-10-18/h5-12,14,17,21-22H,13,15-16H2,1-4H3/t17-,21+,22+/m1/s1. The van der Waals surface area contributed by atoms with Crippen molar-refractivity contribution in [3.63, 3.8) is 0 Å². The summed E-state index contributed by atoms with van der Waals surface area (Å²) in [6.07, 6.45) is 0.0921. The van der Waals surface area contributed by atoms with E-state index in [1.807, 2.05) is 49.4 Å². The molecule has 0 spiro atoms. The van der Waals surface area contributed by atoms with E-state index >= 15 is 0 Å². The van der Waals surface area contributed by atoms with E-state index in [2.05, 4.69) is 47.7 Å². The normalized spacial score (nSPS) is 18.8. The molecule has 0 N–H and O–H groups in total. The second-order valence-corrected chi connectivity index (χ2v) is 15.8. The van der Waals surface area contributed by atoms with Gasteiger partial charge in [-0.05, 0) is 35.6 Å². The number of amides is 2. The maximum atomic E-state index is 13.6. The molecule has 2 aromatic rings. The molecule has 4 nitrogen and oxygen atoms in total. The highest BCUT2D eigenvalue weighted by Crippen LogP contribution is 2.36. The van der Waals surface area contributed by atoms with Crippen LogP contribution in [0.1, 0.15) is 24.0 Å². The largest absolute Gasteiger partial charge is 0.447 e. The highest BCUT2D eigenvalue weighted by atomic mass is 79.9. The summed E-state index contributed by atoms with van der Waals surface area (Å²) in [5.74, 6) is -0.385. The molecular weight excluding hydrogens is 458 g/mol. The number of halogens is 1. The maximum absolute atomic E-state index is 13.6. The molecule has 30 heavy (non-hydrogen) atoms. The Kier molecular flexibility index (Phi) is 7.19. The molecule has 0 bridgehead atoms. The van der Waals surface area contributed by atoms with Crippen LogP contribution in [0, 0.1) is 5.92 Å². The van der Waals surface area contributed by atoms with Crippen molar-refractivity contribution in [2.75, 3.05) is 6.61 Å². The lowest BCUT2D eigenvalue weighted by Crippen LogP contribution is -2.45. The maximum Gasteiger partial charge on any atom is 0.416 e. The number of imide groups is 1. The quantitative estimate of drug-likeness (QED) is 0.443. The number of hydrogen-bond acceptors (Lipinski definition) is 3. The fraction of sp³-hybridized carbons (Fsp3) is 0.417. The highest BCUT2D eigenvalue weighted by molar-refractivity contribution is 9.10. The minimum absolute atomic E-state index is 0.0624. The molecule has 2 amide bonds. The van der Waals surface area contributed by atoms with Gasteiger partial charge in [-0.2, -0.15) is 0 Å². The third-order valence-electron chi connectivity index (χ3n) is 5.61. The van der Waals surface area contributed by atoms with Crippen LogP contribution in [-0.4, -0.2) is 37.6 Å². The van der Waals surface area contributed by atoms with Crippen molar-refractivity contribution in [2.24, 2.45) is 5.92 Å². The Hall–Kier alpha value is -1.92. The summed E-state index contributed by atoms with van der Waals surface area (Å²) < 4.78 is 6.30. The van der Waals surface area contributed by atoms with Crippen molar-refractivity contribution in [3.8, 4) is 0 Å². The van der Waals surface area contributed by atoms with E-state index in [0.717, 1.165) is 21.6 Å². The number of nitrogens with zero attached hydrogens (tertiary/aromatic N) is 1. The first-order valence-corrected chi connectivity index (χ1v) is 14.9. The molecule has 3 rings (SSSR count). The number of carbonyl (C=O) groups is 2. The molecule has 1 aliphatic rings. The first-order valence-electron chi connectivity index (χ1n) is 10.4. The van der Waals surface area contributed by atoms with Gasteiger partial charge in [-0.25, -0.2) is 9.69 Å². The van der Waals surface area contributed by atoms with Gasteiger partial charge < -0.3 is 4.74 Å². The van der Waals surface area contributed by atoms with E-state index in [4.69, 9.17) is 4.74 Å². The summed E-state index contributed by atoms with van der Waals surface area (Å²) in [4.78, 5) is 27.4. The lowest BCUT2D eigenvalue weighted by atomic mass is 9.87. The molecule has 3 atom stereocenters. The second kappa shape index (κ2) is 9.48. The minimum Gasteiger partial charge on any atom is -0.447 e. The number of cyclic esters (lactones) is 1. The van der Waals surface area contributed by atoms with Crippen LogP contribution in [0.3, 0.4) is 0 Å². The molecule has 0 saturated carbocycles. The molecule has 6 heteroatoms. The molecule has 0 unspecified atom stereocenters. The first-order chi connectivity index (χ1) is 14.2. The highest BCUT2D eigenvalue weighted by Gasteiger charge is 2.42. The van der Waals surface area contributed by atoms with Crippen molar-refractivity contribution in [1.82, 2.24) is 4.90 Å². The predicted molar refractivity (Wildman–Crippen MR) is 126 cm³/mol. The van der Waals surface area contributed by atoms with Gasteiger partial charge in [-0.1, -0.05) is 91.0 Å². The van der Waals surface area contributed by atoms with Crippen LogP contribution in [0.15, 0.2) is 59.1 Å². The Bertz CT molecular complexity index is 897. The van der Waals surface area contributed by atoms with E-state index in [9.17, 15) is 9.59 Å². The third-order valence-corrected chi connectivity index (χ3v) is 7.77. The lowest BCUT2D eigenvalue weighted by molar-refractivity contribution is -0.133. The van der Waals surface area contributed by atoms with E-state index < -0.39 is 14.2 Å². The Morgan fingerprint density at radius 2 is 1.87 bits per heavy atom. The van der Waals surface area contributed by atoms with Gasteiger partial charge in [0.05, 0.1) is 6.04 Å². The summed E-state index contributed by atoms with van der Waals surface area (Å²) in [6, 6.07) is 18.8. The van der Waals surface area contributed by atoms with Gasteiger partial charge >= 0.3 is 6.09 Å². The summed E-state index contributed by atoms with van der Waals surface area (Å²) in [7, 11) is -1.47. The Labute approximate surface area is 188 Å². The zero-order valence-corrected chi connectivity index (χ0v) is 20.7. The molecule has 1 saturated heterocycles. The average molecular weight is 488 g/mol. The van der Waals surface area contributed by atoms with Crippen molar-refractivity contribution in [3.05, 3.63) is 70.2 Å². The number of ether oxygens (including phenoxy) is 1. The zero-order chi connectivity index (χ0) is 21.9. The van der Waals surface area contributed by atoms with E-state index in [-0.39, 0.29) is 30.4 Å². The van der Waals surface area contributed by atoms with Crippen LogP contribution in [0.4, 0.5) is 4.79 Å². The summed E-state index contributed by atoms with van der Waals surface area (Å²) in [6.45, 7) is 9.16. The number of rotatable bonds is 7. The second-order valence-electron chi connectivity index (χ2n) is 9.34. The lowest BCUT2D eigenvalue weighted by Gasteiger charge is -2.32. The van der Waals surface area contributed by atoms with Crippen LogP contribution in [-0.2, 0) is 16.0 Å². The molecule has 2 aromatic carbocycles.